The molecule has 5 nitrogen and oxygen atoms in total. The number of anilines is 3. The Balaban J connectivity index is 1.50. The second kappa shape index (κ2) is 6.32. The lowest BCUT2D eigenvalue weighted by molar-refractivity contribution is 0.0983. The van der Waals surface area contributed by atoms with Crippen molar-refractivity contribution in [1.82, 2.24) is 10.2 Å². The fourth-order valence-corrected chi connectivity index (χ4v) is 2.88. The van der Waals surface area contributed by atoms with Crippen LogP contribution in [0.1, 0.15) is 16.1 Å². The van der Waals surface area contributed by atoms with Crippen LogP contribution in [0.25, 0.3) is 0 Å². The van der Waals surface area contributed by atoms with E-state index in [9.17, 15) is 9.18 Å². The third-order valence-corrected chi connectivity index (χ3v) is 4.13. The minimum absolute atomic E-state index is 0.161. The standard InChI is InChI=1S/C19H15FN4O/c20-14-5-7-15(8-6-14)21-18-10-9-16(22-23-18)19(25)24-12-11-13-3-1-2-4-17(13)24/h1-10H,11-12H2,(H,21,23). The number of carbonyl (C=O) groups excluding carboxylic acids is 1. The number of nitrogens with one attached hydrogen (secondary N) is 1. The first kappa shape index (κ1) is 15.3. The molecular weight excluding hydrogens is 319 g/mol. The maximum Gasteiger partial charge on any atom is 0.278 e. The average Bonchev–Trinajstić information content (AvgIpc) is 3.08. The number of benzene rings is 2. The zero-order chi connectivity index (χ0) is 17.2. The van der Waals surface area contributed by atoms with Crippen LogP contribution >= 0.6 is 0 Å². The summed E-state index contributed by atoms with van der Waals surface area (Å²) in [6, 6.07) is 17.1. The van der Waals surface area contributed by atoms with Gasteiger partial charge in [0, 0.05) is 17.9 Å². The van der Waals surface area contributed by atoms with Crippen LogP contribution in [-0.2, 0) is 6.42 Å². The lowest BCUT2D eigenvalue weighted by Crippen LogP contribution is -2.29. The van der Waals surface area contributed by atoms with Gasteiger partial charge in [0.05, 0.1) is 0 Å². The Morgan fingerprint density at radius 1 is 1.00 bits per heavy atom. The van der Waals surface area contributed by atoms with E-state index in [0.717, 1.165) is 12.1 Å². The summed E-state index contributed by atoms with van der Waals surface area (Å²) >= 11 is 0. The first-order valence-electron chi connectivity index (χ1n) is 7.97. The molecule has 1 aliphatic rings. The zero-order valence-corrected chi connectivity index (χ0v) is 13.3. The van der Waals surface area contributed by atoms with Crippen molar-refractivity contribution in [3.63, 3.8) is 0 Å². The molecular formula is C19H15FN4O. The number of hydrogen-bond donors (Lipinski definition) is 1. The van der Waals surface area contributed by atoms with Crippen molar-refractivity contribution < 1.29 is 9.18 Å². The largest absolute Gasteiger partial charge is 0.339 e. The Morgan fingerprint density at radius 3 is 2.56 bits per heavy atom. The summed E-state index contributed by atoms with van der Waals surface area (Å²) in [5.74, 6) is 0.0271. The molecule has 124 valence electrons. The molecule has 2 heterocycles. The molecule has 6 heteroatoms. The van der Waals surface area contributed by atoms with E-state index in [4.69, 9.17) is 0 Å². The smallest absolute Gasteiger partial charge is 0.278 e. The predicted molar refractivity (Wildman–Crippen MR) is 93.5 cm³/mol. The highest BCUT2D eigenvalue weighted by Crippen LogP contribution is 2.28. The van der Waals surface area contributed by atoms with Gasteiger partial charge in [0.25, 0.3) is 5.91 Å². The first-order valence-corrected chi connectivity index (χ1v) is 7.97. The Labute approximate surface area is 144 Å². The minimum Gasteiger partial charge on any atom is -0.339 e. The van der Waals surface area contributed by atoms with Crippen LogP contribution in [0, 0.1) is 5.82 Å². The third-order valence-electron chi connectivity index (χ3n) is 4.13. The summed E-state index contributed by atoms with van der Waals surface area (Å²) in [5.41, 5.74) is 3.09. The van der Waals surface area contributed by atoms with Gasteiger partial charge in [-0.05, 0) is 54.4 Å². The van der Waals surface area contributed by atoms with Gasteiger partial charge in [0.1, 0.15) is 5.82 Å². The Bertz CT molecular complexity index is 909. The van der Waals surface area contributed by atoms with Crippen molar-refractivity contribution in [1.29, 1.82) is 0 Å². The molecule has 4 rings (SSSR count). The fraction of sp³-hybridized carbons (Fsp3) is 0.105. The number of nitrogens with zero attached hydrogens (tertiary/aromatic N) is 3. The third kappa shape index (κ3) is 3.06. The van der Waals surface area contributed by atoms with E-state index in [1.807, 2.05) is 24.3 Å². The minimum atomic E-state index is -0.302. The highest BCUT2D eigenvalue weighted by atomic mass is 19.1. The van der Waals surface area contributed by atoms with E-state index in [1.165, 1.54) is 17.7 Å². The molecule has 0 spiro atoms. The molecule has 0 bridgehead atoms. The summed E-state index contributed by atoms with van der Waals surface area (Å²) < 4.78 is 12.9. The zero-order valence-electron chi connectivity index (χ0n) is 13.3. The second-order valence-corrected chi connectivity index (χ2v) is 5.77. The van der Waals surface area contributed by atoms with E-state index in [-0.39, 0.29) is 11.7 Å². The molecule has 1 N–H and O–H groups in total. The molecule has 0 saturated heterocycles. The lowest BCUT2D eigenvalue weighted by atomic mass is 10.2. The van der Waals surface area contributed by atoms with Gasteiger partial charge >= 0.3 is 0 Å². The van der Waals surface area contributed by atoms with Crippen LogP contribution in [0.5, 0.6) is 0 Å². The summed E-state index contributed by atoms with van der Waals surface area (Å²) in [7, 11) is 0. The highest BCUT2D eigenvalue weighted by molar-refractivity contribution is 6.06. The van der Waals surface area contributed by atoms with E-state index in [2.05, 4.69) is 15.5 Å². The van der Waals surface area contributed by atoms with Gasteiger partial charge in [0.15, 0.2) is 11.5 Å². The van der Waals surface area contributed by atoms with E-state index < -0.39 is 0 Å². The van der Waals surface area contributed by atoms with Crippen molar-refractivity contribution in [2.24, 2.45) is 0 Å². The second-order valence-electron chi connectivity index (χ2n) is 5.77. The van der Waals surface area contributed by atoms with E-state index in [1.54, 1.807) is 29.2 Å². The van der Waals surface area contributed by atoms with Gasteiger partial charge in [-0.3, -0.25) is 4.79 Å². The van der Waals surface area contributed by atoms with Gasteiger partial charge in [0.2, 0.25) is 0 Å². The average molecular weight is 334 g/mol. The fourth-order valence-electron chi connectivity index (χ4n) is 2.88. The molecule has 0 atom stereocenters. The van der Waals surface area contributed by atoms with Crippen LogP contribution in [0.15, 0.2) is 60.7 Å². The van der Waals surface area contributed by atoms with Crippen molar-refractivity contribution in [3.8, 4) is 0 Å². The predicted octanol–water partition coefficient (Wildman–Crippen LogP) is 3.56. The number of carbonyl (C=O) groups is 1. The molecule has 25 heavy (non-hydrogen) atoms. The van der Waals surface area contributed by atoms with Gasteiger partial charge < -0.3 is 10.2 Å². The van der Waals surface area contributed by atoms with Crippen LogP contribution < -0.4 is 10.2 Å². The molecule has 0 unspecified atom stereocenters. The molecule has 2 aromatic carbocycles. The molecule has 0 saturated carbocycles. The normalized spacial score (nSPS) is 12.8. The van der Waals surface area contributed by atoms with Gasteiger partial charge in [-0.2, -0.15) is 0 Å². The van der Waals surface area contributed by atoms with Gasteiger partial charge in [-0.15, -0.1) is 10.2 Å². The van der Waals surface area contributed by atoms with Crippen LogP contribution in [0.2, 0.25) is 0 Å². The summed E-state index contributed by atoms with van der Waals surface area (Å²) in [5, 5.41) is 11.1. The van der Waals surface area contributed by atoms with E-state index in [0.29, 0.717) is 23.7 Å². The number of amides is 1. The maximum absolute atomic E-state index is 12.9. The first-order chi connectivity index (χ1) is 12.2. The summed E-state index contributed by atoms with van der Waals surface area (Å²) in [6.07, 6.45) is 0.847. The molecule has 3 aromatic rings. The quantitative estimate of drug-likeness (QED) is 0.796. The number of fused-ring (bicyclic) bond motifs is 1. The van der Waals surface area contributed by atoms with Crippen molar-refractivity contribution in [2.45, 2.75) is 6.42 Å². The lowest BCUT2D eigenvalue weighted by Gasteiger charge is -2.16. The highest BCUT2D eigenvalue weighted by Gasteiger charge is 2.26. The molecule has 0 fully saturated rings. The van der Waals surface area contributed by atoms with Crippen LogP contribution in [0.4, 0.5) is 21.6 Å². The van der Waals surface area contributed by atoms with Gasteiger partial charge in [-0.25, -0.2) is 4.39 Å². The number of halogens is 1. The Hall–Kier alpha value is -3.28. The molecule has 0 aliphatic carbocycles. The van der Waals surface area contributed by atoms with Crippen LogP contribution in [0.3, 0.4) is 0 Å². The summed E-state index contributed by atoms with van der Waals surface area (Å²) in [6.45, 7) is 0.648. The Morgan fingerprint density at radius 2 is 1.80 bits per heavy atom. The molecule has 1 aromatic heterocycles. The maximum atomic E-state index is 12.9. The Kier molecular flexibility index (Phi) is 3.85. The number of rotatable bonds is 3. The number of aromatic nitrogens is 2. The topological polar surface area (TPSA) is 58.1 Å². The van der Waals surface area contributed by atoms with Crippen molar-refractivity contribution >= 4 is 23.1 Å². The van der Waals surface area contributed by atoms with Crippen LogP contribution in [-0.4, -0.2) is 22.6 Å². The molecule has 1 amide bonds. The molecule has 0 radical (unpaired) electrons. The monoisotopic (exact) mass is 334 g/mol. The van der Waals surface area contributed by atoms with Crippen molar-refractivity contribution in [3.05, 3.63) is 77.7 Å². The SMILES string of the molecule is O=C(c1ccc(Nc2ccc(F)cc2)nn1)N1CCc2ccccc21. The van der Waals surface area contributed by atoms with Gasteiger partial charge in [-0.1, -0.05) is 18.2 Å². The summed E-state index contributed by atoms with van der Waals surface area (Å²) in [4.78, 5) is 14.4. The number of para-hydroxylation sites is 1. The number of hydrogen-bond acceptors (Lipinski definition) is 4. The van der Waals surface area contributed by atoms with E-state index >= 15 is 0 Å². The molecule has 1 aliphatic heterocycles. The van der Waals surface area contributed by atoms with Crippen molar-refractivity contribution in [2.75, 3.05) is 16.8 Å².